The van der Waals surface area contributed by atoms with Gasteiger partial charge < -0.3 is 9.64 Å². The predicted molar refractivity (Wildman–Crippen MR) is 108 cm³/mol. The van der Waals surface area contributed by atoms with Crippen LogP contribution in [0.2, 0.25) is 0 Å². The maximum absolute atomic E-state index is 13.5. The van der Waals surface area contributed by atoms with E-state index in [1.165, 1.54) is 7.11 Å². The van der Waals surface area contributed by atoms with Gasteiger partial charge in [0.2, 0.25) is 0 Å². The van der Waals surface area contributed by atoms with Gasteiger partial charge in [0.1, 0.15) is 0 Å². The van der Waals surface area contributed by atoms with E-state index in [2.05, 4.69) is 6.58 Å². The van der Waals surface area contributed by atoms with Crippen molar-refractivity contribution in [3.8, 4) is 0 Å². The highest BCUT2D eigenvalue weighted by atomic mass is 16.5. The summed E-state index contributed by atoms with van der Waals surface area (Å²) in [6.45, 7) is 4.15. The molecule has 1 amide bonds. The molecular formula is C24H21NO4. The number of likely N-dealkylation sites (tertiary alicyclic amines) is 1. The molecule has 1 aliphatic heterocycles. The second-order valence-electron chi connectivity index (χ2n) is 7.33. The van der Waals surface area contributed by atoms with Crippen LogP contribution in [-0.2, 0) is 20.7 Å². The van der Waals surface area contributed by atoms with E-state index in [-0.39, 0.29) is 31.1 Å². The molecule has 0 N–H and O–H groups in total. The number of carbonyl (C=O) groups is 3. The van der Waals surface area contributed by atoms with E-state index in [1.807, 2.05) is 36.4 Å². The second kappa shape index (κ2) is 7.17. The van der Waals surface area contributed by atoms with Crippen molar-refractivity contribution in [1.29, 1.82) is 0 Å². The monoisotopic (exact) mass is 387 g/mol. The summed E-state index contributed by atoms with van der Waals surface area (Å²) in [6, 6.07) is 18.3. The van der Waals surface area contributed by atoms with Gasteiger partial charge in [-0.15, -0.1) is 0 Å². The number of carbonyl (C=O) groups excluding carboxylic acids is 3. The zero-order valence-electron chi connectivity index (χ0n) is 16.2. The number of hydrogen-bond acceptors (Lipinski definition) is 4. The Labute approximate surface area is 169 Å². The number of rotatable bonds is 4. The minimum atomic E-state index is -1.42. The Kier molecular flexibility index (Phi) is 4.66. The van der Waals surface area contributed by atoms with Crippen molar-refractivity contribution in [2.24, 2.45) is 0 Å². The minimum absolute atomic E-state index is 0.108. The van der Waals surface area contributed by atoms with Gasteiger partial charge >= 0.3 is 5.97 Å². The summed E-state index contributed by atoms with van der Waals surface area (Å²) in [5.74, 6) is -0.948. The van der Waals surface area contributed by atoms with Gasteiger partial charge in [-0.05, 0) is 23.3 Å². The lowest BCUT2D eigenvalue weighted by Crippen LogP contribution is -2.57. The third-order valence-electron chi connectivity index (χ3n) is 5.68. The zero-order valence-corrected chi connectivity index (χ0v) is 16.2. The molecule has 0 saturated heterocycles. The lowest BCUT2D eigenvalue weighted by Gasteiger charge is -2.39. The zero-order chi connectivity index (χ0) is 20.6. The maximum Gasteiger partial charge on any atom is 0.336 e. The van der Waals surface area contributed by atoms with Gasteiger partial charge in [-0.2, -0.15) is 0 Å². The summed E-state index contributed by atoms with van der Waals surface area (Å²) in [5, 5.41) is 0. The van der Waals surface area contributed by atoms with Crippen LogP contribution in [0.1, 0.15) is 22.3 Å². The van der Waals surface area contributed by atoms with E-state index < -0.39 is 11.5 Å². The number of nitrogens with zero attached hydrogens (tertiary/aromatic N) is 1. The molecule has 1 unspecified atom stereocenters. The molecule has 2 aromatic rings. The first-order chi connectivity index (χ1) is 14.0. The molecule has 4 rings (SSSR count). The number of ketones is 1. The molecule has 0 fully saturated rings. The quantitative estimate of drug-likeness (QED) is 0.597. The summed E-state index contributed by atoms with van der Waals surface area (Å²) < 4.78 is 5.20. The van der Waals surface area contributed by atoms with Gasteiger partial charge in [-0.1, -0.05) is 55.1 Å². The van der Waals surface area contributed by atoms with Crippen LogP contribution in [-0.4, -0.2) is 41.8 Å². The first kappa shape index (κ1) is 18.9. The lowest BCUT2D eigenvalue weighted by atomic mass is 9.80. The molecule has 2 aromatic carbocycles. The second-order valence-corrected chi connectivity index (χ2v) is 7.33. The predicted octanol–water partition coefficient (Wildman–Crippen LogP) is 3.12. The number of benzene rings is 2. The molecule has 1 heterocycles. The molecule has 0 aromatic heterocycles. The number of methoxy groups -OCH3 is 1. The van der Waals surface area contributed by atoms with Crippen molar-refractivity contribution in [2.75, 3.05) is 13.7 Å². The highest BCUT2D eigenvalue weighted by Crippen LogP contribution is 2.47. The molecule has 0 spiro atoms. The first-order valence-electron chi connectivity index (χ1n) is 9.43. The van der Waals surface area contributed by atoms with E-state index in [0.29, 0.717) is 16.7 Å². The van der Waals surface area contributed by atoms with E-state index in [0.717, 1.165) is 11.1 Å². The highest BCUT2D eigenvalue weighted by Gasteiger charge is 2.58. The number of Topliss-reactive ketones (excluding diaryl/α,β-unsaturated/α-hetero) is 1. The van der Waals surface area contributed by atoms with Crippen LogP contribution in [0.25, 0.3) is 0 Å². The van der Waals surface area contributed by atoms with E-state index in [4.69, 9.17) is 4.74 Å². The lowest BCUT2D eigenvalue weighted by molar-refractivity contribution is -0.150. The molecular weight excluding hydrogens is 366 g/mol. The van der Waals surface area contributed by atoms with Gasteiger partial charge in [0, 0.05) is 36.1 Å². The average Bonchev–Trinajstić information content (AvgIpc) is 3.22. The fourth-order valence-corrected chi connectivity index (χ4v) is 4.39. The summed E-state index contributed by atoms with van der Waals surface area (Å²) in [4.78, 5) is 40.7. The molecule has 0 bridgehead atoms. The Bertz CT molecular complexity index is 1040. The van der Waals surface area contributed by atoms with Gasteiger partial charge in [-0.3, -0.25) is 9.59 Å². The van der Waals surface area contributed by atoms with Crippen LogP contribution < -0.4 is 0 Å². The smallest absolute Gasteiger partial charge is 0.336 e. The van der Waals surface area contributed by atoms with Gasteiger partial charge in [0.05, 0.1) is 7.11 Å². The fourth-order valence-electron chi connectivity index (χ4n) is 4.39. The molecule has 5 nitrogen and oxygen atoms in total. The Hall–Kier alpha value is -3.47. The Morgan fingerprint density at radius 3 is 2.31 bits per heavy atom. The topological polar surface area (TPSA) is 63.7 Å². The Morgan fingerprint density at radius 2 is 1.69 bits per heavy atom. The van der Waals surface area contributed by atoms with Crippen LogP contribution in [0, 0.1) is 0 Å². The summed E-state index contributed by atoms with van der Waals surface area (Å²) in [6.07, 6.45) is 0.393. The molecule has 2 aliphatic rings. The number of hydrogen-bond donors (Lipinski definition) is 0. The summed E-state index contributed by atoms with van der Waals surface area (Å²) in [5.41, 5.74) is 1.54. The standard InChI is InChI=1S/C24H21NO4/c1-16-20(26)13-19-15-25(22(27)18-11-7-4-8-12-18)24(21(16)19,23(28)29-2)14-17-9-5-3-6-10-17/h3-12H,1,13-15H2,2H3. The number of esters is 1. The molecule has 0 radical (unpaired) electrons. The SMILES string of the molecule is C=C1C(=O)CC2=C1C(Cc1ccccc1)(C(=O)OC)N(C(=O)c1ccccc1)C2. The van der Waals surface area contributed by atoms with Gasteiger partial charge in [0.25, 0.3) is 5.91 Å². The summed E-state index contributed by atoms with van der Waals surface area (Å²) >= 11 is 0. The van der Waals surface area contributed by atoms with Crippen LogP contribution in [0.15, 0.2) is 84.0 Å². The average molecular weight is 387 g/mol. The maximum atomic E-state index is 13.5. The van der Waals surface area contributed by atoms with Crippen molar-refractivity contribution in [1.82, 2.24) is 4.90 Å². The minimum Gasteiger partial charge on any atom is -0.467 e. The van der Waals surface area contributed by atoms with E-state index in [1.54, 1.807) is 29.2 Å². The fraction of sp³-hybridized carbons (Fsp3) is 0.208. The molecule has 146 valence electrons. The Balaban J connectivity index is 1.89. The first-order valence-corrected chi connectivity index (χ1v) is 9.43. The van der Waals surface area contributed by atoms with Crippen LogP contribution in [0.4, 0.5) is 0 Å². The van der Waals surface area contributed by atoms with Crippen molar-refractivity contribution < 1.29 is 19.1 Å². The van der Waals surface area contributed by atoms with Crippen LogP contribution in [0.3, 0.4) is 0 Å². The molecule has 5 heteroatoms. The third kappa shape index (κ3) is 2.90. The summed E-state index contributed by atoms with van der Waals surface area (Å²) in [7, 11) is 1.30. The van der Waals surface area contributed by atoms with Crippen molar-refractivity contribution in [3.63, 3.8) is 0 Å². The Morgan fingerprint density at radius 1 is 1.07 bits per heavy atom. The highest BCUT2D eigenvalue weighted by molar-refractivity contribution is 6.11. The molecule has 1 atom stereocenters. The van der Waals surface area contributed by atoms with E-state index in [9.17, 15) is 14.4 Å². The van der Waals surface area contributed by atoms with Crippen LogP contribution >= 0.6 is 0 Å². The molecule has 0 saturated carbocycles. The largest absolute Gasteiger partial charge is 0.467 e. The molecule has 1 aliphatic carbocycles. The van der Waals surface area contributed by atoms with Gasteiger partial charge in [-0.25, -0.2) is 4.79 Å². The van der Waals surface area contributed by atoms with Crippen molar-refractivity contribution >= 4 is 17.7 Å². The number of amides is 1. The van der Waals surface area contributed by atoms with Crippen molar-refractivity contribution in [3.05, 3.63) is 95.1 Å². The molecule has 29 heavy (non-hydrogen) atoms. The van der Waals surface area contributed by atoms with Gasteiger partial charge in [0.15, 0.2) is 11.3 Å². The third-order valence-corrected chi connectivity index (χ3v) is 5.68. The van der Waals surface area contributed by atoms with Crippen LogP contribution in [0.5, 0.6) is 0 Å². The van der Waals surface area contributed by atoms with Crippen molar-refractivity contribution in [2.45, 2.75) is 18.4 Å². The normalized spacial score (nSPS) is 20.8. The number of ether oxygens (including phenoxy) is 1. The van der Waals surface area contributed by atoms with E-state index >= 15 is 0 Å².